The van der Waals surface area contributed by atoms with Crippen LogP contribution in [0.15, 0.2) is 12.4 Å². The Hall–Kier alpha value is -2.09. The summed E-state index contributed by atoms with van der Waals surface area (Å²) in [4.78, 5) is 33.7. The van der Waals surface area contributed by atoms with E-state index in [1.165, 1.54) is 6.20 Å². The Kier molecular flexibility index (Phi) is 4.57. The topological polar surface area (TPSA) is 105 Å². The fraction of sp³-hybridized carbons (Fsp3) is 0.455. The number of nitrogens with zero attached hydrogens (tertiary/aromatic N) is 2. The molecule has 20 heavy (non-hydrogen) atoms. The molecule has 0 bridgehead atoms. The van der Waals surface area contributed by atoms with Crippen molar-refractivity contribution in [3.05, 3.63) is 17.4 Å². The van der Waals surface area contributed by atoms with Gasteiger partial charge in [-0.15, -0.1) is 0 Å². The highest BCUT2D eigenvalue weighted by Gasteiger charge is 2.29. The molecule has 2 heterocycles. The van der Waals surface area contributed by atoms with Crippen LogP contribution in [0.5, 0.6) is 0 Å². The maximum Gasteiger partial charge on any atom is 0.322 e. The number of nitrogens with one attached hydrogen (secondary N) is 3. The van der Waals surface area contributed by atoms with Crippen LogP contribution in [-0.2, 0) is 16.1 Å². The van der Waals surface area contributed by atoms with E-state index in [0.717, 1.165) is 0 Å². The van der Waals surface area contributed by atoms with Gasteiger partial charge in [-0.2, -0.15) is 5.10 Å². The molecule has 0 unspecified atom stereocenters. The second-order valence-corrected chi connectivity index (χ2v) is 4.76. The van der Waals surface area contributed by atoms with Crippen LogP contribution in [0, 0.1) is 0 Å². The number of rotatable bonds is 6. The zero-order valence-electron chi connectivity index (χ0n) is 10.6. The van der Waals surface area contributed by atoms with Crippen molar-refractivity contribution < 1.29 is 14.4 Å². The Morgan fingerprint density at radius 2 is 2.30 bits per heavy atom. The Balaban J connectivity index is 1.63. The number of urea groups is 1. The first-order valence-corrected chi connectivity index (χ1v) is 6.48. The number of hydrogen-bond acceptors (Lipinski definition) is 4. The molecule has 0 saturated carbocycles. The molecule has 9 heteroatoms. The highest BCUT2D eigenvalue weighted by Crippen LogP contribution is 2.04. The quantitative estimate of drug-likeness (QED) is 0.624. The fourth-order valence-electron chi connectivity index (χ4n) is 1.80. The highest BCUT2D eigenvalue weighted by atomic mass is 35.5. The smallest absolute Gasteiger partial charge is 0.322 e. The van der Waals surface area contributed by atoms with Crippen LogP contribution in [-0.4, -0.2) is 40.2 Å². The monoisotopic (exact) mass is 299 g/mol. The number of halogens is 1. The first kappa shape index (κ1) is 14.3. The Morgan fingerprint density at radius 3 is 2.90 bits per heavy atom. The second kappa shape index (κ2) is 6.38. The Labute approximate surface area is 119 Å². The summed E-state index contributed by atoms with van der Waals surface area (Å²) in [6, 6.07) is -1.14. The minimum atomic E-state index is -0.627. The molecule has 0 spiro atoms. The van der Waals surface area contributed by atoms with Crippen LogP contribution < -0.4 is 16.0 Å². The summed E-state index contributed by atoms with van der Waals surface area (Å²) < 4.78 is 1.62. The predicted molar refractivity (Wildman–Crippen MR) is 69.9 cm³/mol. The highest BCUT2D eigenvalue weighted by molar-refractivity contribution is 6.30. The number of imide groups is 1. The van der Waals surface area contributed by atoms with Gasteiger partial charge in [-0.05, 0) is 6.42 Å². The van der Waals surface area contributed by atoms with Crippen molar-refractivity contribution in [1.29, 1.82) is 0 Å². The number of aromatic nitrogens is 2. The molecule has 1 saturated heterocycles. The van der Waals surface area contributed by atoms with Crippen molar-refractivity contribution in [2.45, 2.75) is 25.4 Å². The zero-order valence-corrected chi connectivity index (χ0v) is 11.3. The maximum absolute atomic E-state index is 11.6. The molecule has 1 atom stereocenters. The number of amides is 4. The van der Waals surface area contributed by atoms with Crippen molar-refractivity contribution in [2.75, 3.05) is 6.54 Å². The fourth-order valence-corrected chi connectivity index (χ4v) is 1.95. The van der Waals surface area contributed by atoms with Gasteiger partial charge in [-0.3, -0.25) is 19.6 Å². The molecule has 1 aliphatic rings. The van der Waals surface area contributed by atoms with Crippen molar-refractivity contribution >= 4 is 29.4 Å². The van der Waals surface area contributed by atoms with Crippen molar-refractivity contribution in [2.24, 2.45) is 0 Å². The van der Waals surface area contributed by atoms with Gasteiger partial charge in [-0.25, -0.2) is 4.79 Å². The third kappa shape index (κ3) is 3.95. The molecule has 2 rings (SSSR count). The molecule has 1 aliphatic heterocycles. The lowest BCUT2D eigenvalue weighted by Gasteiger charge is -2.08. The Morgan fingerprint density at radius 1 is 1.50 bits per heavy atom. The normalized spacial score (nSPS) is 17.8. The van der Waals surface area contributed by atoms with Crippen LogP contribution in [0.3, 0.4) is 0 Å². The van der Waals surface area contributed by atoms with E-state index in [1.54, 1.807) is 10.9 Å². The van der Waals surface area contributed by atoms with Gasteiger partial charge in [0.15, 0.2) is 0 Å². The summed E-state index contributed by atoms with van der Waals surface area (Å²) in [5.74, 6) is -0.578. The van der Waals surface area contributed by atoms with Gasteiger partial charge in [0.25, 0.3) is 5.91 Å². The molecule has 1 aromatic heterocycles. The summed E-state index contributed by atoms with van der Waals surface area (Å²) in [6.45, 7) is 0.930. The SMILES string of the molecule is O=C(CC[C@@H]1NC(=O)NC1=O)NCCn1cc(Cl)cn1. The summed E-state index contributed by atoms with van der Waals surface area (Å²) >= 11 is 5.71. The van der Waals surface area contributed by atoms with Gasteiger partial charge in [0, 0.05) is 19.2 Å². The molecule has 0 aromatic carbocycles. The van der Waals surface area contributed by atoms with Gasteiger partial charge >= 0.3 is 6.03 Å². The largest absolute Gasteiger partial charge is 0.354 e. The number of hydrogen-bond donors (Lipinski definition) is 3. The molecular formula is C11H14ClN5O3. The van der Waals surface area contributed by atoms with Crippen LogP contribution in [0.2, 0.25) is 5.02 Å². The van der Waals surface area contributed by atoms with Gasteiger partial charge in [0.05, 0.1) is 17.8 Å². The van der Waals surface area contributed by atoms with E-state index < -0.39 is 18.0 Å². The van der Waals surface area contributed by atoms with E-state index in [1.807, 2.05) is 0 Å². The maximum atomic E-state index is 11.6. The molecule has 3 N–H and O–H groups in total. The summed E-state index contributed by atoms with van der Waals surface area (Å²) in [7, 11) is 0. The predicted octanol–water partition coefficient (Wildman–Crippen LogP) is -0.359. The summed E-state index contributed by atoms with van der Waals surface area (Å²) in [5, 5.41) is 11.8. The van der Waals surface area contributed by atoms with Gasteiger partial charge in [0.2, 0.25) is 5.91 Å². The molecule has 1 fully saturated rings. The van der Waals surface area contributed by atoms with E-state index in [4.69, 9.17) is 11.6 Å². The van der Waals surface area contributed by atoms with Crippen LogP contribution >= 0.6 is 11.6 Å². The second-order valence-electron chi connectivity index (χ2n) is 4.33. The average molecular weight is 300 g/mol. The third-order valence-corrected chi connectivity index (χ3v) is 2.98. The molecule has 1 aromatic rings. The minimum absolute atomic E-state index is 0.165. The van der Waals surface area contributed by atoms with Crippen LogP contribution in [0.25, 0.3) is 0 Å². The van der Waals surface area contributed by atoms with Gasteiger partial charge in [-0.1, -0.05) is 11.6 Å². The van der Waals surface area contributed by atoms with Gasteiger partial charge < -0.3 is 10.6 Å². The minimum Gasteiger partial charge on any atom is -0.354 e. The summed E-state index contributed by atoms with van der Waals surface area (Å²) in [6.07, 6.45) is 3.62. The lowest BCUT2D eigenvalue weighted by Crippen LogP contribution is -2.32. The first-order chi connectivity index (χ1) is 9.54. The average Bonchev–Trinajstić information content (AvgIpc) is 2.93. The lowest BCUT2D eigenvalue weighted by molar-refractivity contribution is -0.122. The molecular weight excluding hydrogens is 286 g/mol. The number of carbonyl (C=O) groups excluding carboxylic acids is 3. The van der Waals surface area contributed by atoms with Crippen molar-refractivity contribution in [3.8, 4) is 0 Å². The zero-order chi connectivity index (χ0) is 14.5. The molecule has 0 aliphatic carbocycles. The third-order valence-electron chi connectivity index (χ3n) is 2.78. The standard InChI is InChI=1S/C11H14ClN5O3/c12-7-5-14-17(6-7)4-3-13-9(18)2-1-8-10(19)16-11(20)15-8/h5-6,8H,1-4H2,(H,13,18)(H2,15,16,19,20)/t8-/m0/s1. The Bertz CT molecular complexity index is 530. The van der Waals surface area contributed by atoms with E-state index in [0.29, 0.717) is 18.1 Å². The van der Waals surface area contributed by atoms with Gasteiger partial charge in [0.1, 0.15) is 6.04 Å². The molecule has 4 amide bonds. The van der Waals surface area contributed by atoms with E-state index in [2.05, 4.69) is 21.0 Å². The van der Waals surface area contributed by atoms with E-state index in [-0.39, 0.29) is 18.7 Å². The van der Waals surface area contributed by atoms with Crippen molar-refractivity contribution in [3.63, 3.8) is 0 Å². The van der Waals surface area contributed by atoms with Crippen LogP contribution in [0.4, 0.5) is 4.79 Å². The van der Waals surface area contributed by atoms with E-state index in [9.17, 15) is 14.4 Å². The molecule has 0 radical (unpaired) electrons. The van der Waals surface area contributed by atoms with E-state index >= 15 is 0 Å². The van der Waals surface area contributed by atoms with Crippen molar-refractivity contribution in [1.82, 2.24) is 25.7 Å². The number of carbonyl (C=O) groups is 3. The molecule has 8 nitrogen and oxygen atoms in total. The first-order valence-electron chi connectivity index (χ1n) is 6.10. The lowest BCUT2D eigenvalue weighted by atomic mass is 10.1. The molecule has 108 valence electrons. The van der Waals surface area contributed by atoms with Crippen LogP contribution in [0.1, 0.15) is 12.8 Å². The summed E-state index contributed by atoms with van der Waals surface area (Å²) in [5.41, 5.74) is 0.